The zero-order valence-corrected chi connectivity index (χ0v) is 15.9. The SMILES string of the molecule is CCOC(=O)[C@H]1N[C@@H](c2ccccc2Cl)[C@H]2C(=O)N(c3ccccc3)C(=O)[C@H]21. The second kappa shape index (κ2) is 7.37. The maximum Gasteiger partial charge on any atom is 0.324 e. The van der Waals surface area contributed by atoms with Gasteiger partial charge in [0.15, 0.2) is 0 Å². The van der Waals surface area contributed by atoms with Gasteiger partial charge >= 0.3 is 5.97 Å². The van der Waals surface area contributed by atoms with Crippen molar-refractivity contribution in [2.75, 3.05) is 11.5 Å². The molecule has 0 aliphatic carbocycles. The van der Waals surface area contributed by atoms with E-state index in [2.05, 4.69) is 5.32 Å². The predicted molar refractivity (Wildman–Crippen MR) is 104 cm³/mol. The number of amides is 2. The standard InChI is InChI=1S/C21H19ClN2O4/c1-2-28-21(27)18-16-15(17(23-18)13-10-6-7-11-14(13)22)19(25)24(20(16)26)12-8-4-3-5-9-12/h3-11,15-18,23H,2H2,1H3/t15-,16+,17-,18-/m0/s1. The zero-order chi connectivity index (χ0) is 19.8. The topological polar surface area (TPSA) is 75.7 Å². The summed E-state index contributed by atoms with van der Waals surface area (Å²) in [6, 6.07) is 14.4. The number of imide groups is 1. The maximum absolute atomic E-state index is 13.3. The van der Waals surface area contributed by atoms with Gasteiger partial charge in [-0.1, -0.05) is 48.0 Å². The van der Waals surface area contributed by atoms with Gasteiger partial charge in [-0.3, -0.25) is 19.7 Å². The number of esters is 1. The number of anilines is 1. The van der Waals surface area contributed by atoms with Crippen molar-refractivity contribution in [3.63, 3.8) is 0 Å². The molecule has 6 nitrogen and oxygen atoms in total. The number of carbonyl (C=O) groups is 3. The number of hydrogen-bond donors (Lipinski definition) is 1. The number of benzene rings is 2. The minimum Gasteiger partial charge on any atom is -0.465 e. The lowest BCUT2D eigenvalue weighted by Crippen LogP contribution is -2.44. The van der Waals surface area contributed by atoms with Crippen molar-refractivity contribution in [1.82, 2.24) is 5.32 Å². The maximum atomic E-state index is 13.3. The van der Waals surface area contributed by atoms with Crippen LogP contribution >= 0.6 is 11.6 Å². The summed E-state index contributed by atoms with van der Waals surface area (Å²) in [7, 11) is 0. The quantitative estimate of drug-likeness (QED) is 0.633. The van der Waals surface area contributed by atoms with E-state index < -0.39 is 35.8 Å². The molecule has 0 unspecified atom stereocenters. The summed E-state index contributed by atoms with van der Waals surface area (Å²) in [5.41, 5.74) is 1.18. The van der Waals surface area contributed by atoms with Crippen LogP contribution in [0.1, 0.15) is 18.5 Å². The van der Waals surface area contributed by atoms with Crippen molar-refractivity contribution < 1.29 is 19.1 Å². The van der Waals surface area contributed by atoms with Crippen LogP contribution in [0.4, 0.5) is 5.69 Å². The summed E-state index contributed by atoms with van der Waals surface area (Å²) in [4.78, 5) is 40.2. The number of nitrogens with zero attached hydrogens (tertiary/aromatic N) is 1. The van der Waals surface area contributed by atoms with E-state index in [1.165, 1.54) is 4.90 Å². The molecule has 0 bridgehead atoms. The molecule has 0 aromatic heterocycles. The Morgan fingerprint density at radius 1 is 1.04 bits per heavy atom. The molecule has 4 rings (SSSR count). The number of hydrogen-bond acceptors (Lipinski definition) is 5. The molecule has 2 amide bonds. The number of halogens is 1. The van der Waals surface area contributed by atoms with E-state index in [1.807, 2.05) is 12.1 Å². The number of nitrogens with one attached hydrogen (secondary N) is 1. The summed E-state index contributed by atoms with van der Waals surface area (Å²) in [6.45, 7) is 1.89. The Kier molecular flexibility index (Phi) is 4.91. The van der Waals surface area contributed by atoms with E-state index in [-0.39, 0.29) is 12.5 Å². The highest BCUT2D eigenvalue weighted by molar-refractivity contribution is 6.31. The van der Waals surface area contributed by atoms with E-state index in [0.717, 1.165) is 0 Å². The number of rotatable bonds is 4. The first-order chi connectivity index (χ1) is 13.5. The Morgan fingerprint density at radius 3 is 2.36 bits per heavy atom. The van der Waals surface area contributed by atoms with Crippen LogP contribution < -0.4 is 10.2 Å². The van der Waals surface area contributed by atoms with Crippen molar-refractivity contribution in [3.8, 4) is 0 Å². The van der Waals surface area contributed by atoms with Crippen molar-refractivity contribution in [2.24, 2.45) is 11.8 Å². The second-order valence-corrected chi connectivity index (χ2v) is 7.20. The lowest BCUT2D eigenvalue weighted by atomic mass is 9.86. The van der Waals surface area contributed by atoms with Gasteiger partial charge in [0.1, 0.15) is 6.04 Å². The van der Waals surface area contributed by atoms with Crippen LogP contribution in [0, 0.1) is 11.8 Å². The minimum atomic E-state index is -0.906. The van der Waals surface area contributed by atoms with E-state index >= 15 is 0 Å². The van der Waals surface area contributed by atoms with E-state index in [1.54, 1.807) is 49.4 Å². The van der Waals surface area contributed by atoms with Gasteiger partial charge in [0.05, 0.1) is 24.1 Å². The van der Waals surface area contributed by atoms with E-state index in [9.17, 15) is 14.4 Å². The molecule has 28 heavy (non-hydrogen) atoms. The molecule has 2 aliphatic heterocycles. The first kappa shape index (κ1) is 18.7. The van der Waals surface area contributed by atoms with Gasteiger partial charge in [0, 0.05) is 11.1 Å². The van der Waals surface area contributed by atoms with Crippen LogP contribution in [0.15, 0.2) is 54.6 Å². The summed E-state index contributed by atoms with van der Waals surface area (Å²) in [5, 5.41) is 3.61. The third-order valence-electron chi connectivity index (χ3n) is 5.27. The Labute approximate surface area is 167 Å². The lowest BCUT2D eigenvalue weighted by Gasteiger charge is -2.22. The highest BCUT2D eigenvalue weighted by atomic mass is 35.5. The molecular weight excluding hydrogens is 380 g/mol. The molecule has 1 N–H and O–H groups in total. The van der Waals surface area contributed by atoms with Crippen molar-refractivity contribution in [3.05, 3.63) is 65.2 Å². The van der Waals surface area contributed by atoms with Gasteiger partial charge in [-0.25, -0.2) is 4.90 Å². The van der Waals surface area contributed by atoms with Crippen LogP contribution in [0.3, 0.4) is 0 Å². The van der Waals surface area contributed by atoms with Crippen LogP contribution in [-0.4, -0.2) is 30.4 Å². The van der Waals surface area contributed by atoms with E-state index in [0.29, 0.717) is 16.3 Å². The summed E-state index contributed by atoms with van der Waals surface area (Å²) < 4.78 is 5.16. The lowest BCUT2D eigenvalue weighted by molar-refractivity contribution is -0.148. The van der Waals surface area contributed by atoms with E-state index in [4.69, 9.17) is 16.3 Å². The van der Waals surface area contributed by atoms with Gasteiger partial charge in [0.2, 0.25) is 11.8 Å². The Morgan fingerprint density at radius 2 is 1.68 bits per heavy atom. The predicted octanol–water partition coefficient (Wildman–Crippen LogP) is 2.72. The van der Waals surface area contributed by atoms with Gasteiger partial charge in [-0.2, -0.15) is 0 Å². The number of para-hydroxylation sites is 1. The molecule has 2 heterocycles. The average Bonchev–Trinajstić information content (AvgIpc) is 3.20. The summed E-state index contributed by atoms with van der Waals surface area (Å²) in [6.07, 6.45) is 0. The molecule has 2 fully saturated rings. The highest BCUT2D eigenvalue weighted by Gasteiger charge is 2.61. The van der Waals surface area contributed by atoms with Crippen molar-refractivity contribution >= 4 is 35.1 Å². The minimum absolute atomic E-state index is 0.190. The zero-order valence-electron chi connectivity index (χ0n) is 15.2. The number of fused-ring (bicyclic) bond motifs is 1. The molecule has 0 radical (unpaired) electrons. The molecule has 4 atom stereocenters. The Hall–Kier alpha value is -2.70. The monoisotopic (exact) mass is 398 g/mol. The second-order valence-electron chi connectivity index (χ2n) is 6.79. The molecule has 2 aliphatic rings. The number of ether oxygens (including phenoxy) is 1. The van der Waals surface area contributed by atoms with Crippen LogP contribution in [-0.2, 0) is 19.1 Å². The largest absolute Gasteiger partial charge is 0.465 e. The summed E-state index contributed by atoms with van der Waals surface area (Å²) in [5.74, 6) is -2.86. The molecule has 144 valence electrons. The first-order valence-electron chi connectivity index (χ1n) is 9.14. The van der Waals surface area contributed by atoms with Gasteiger partial charge in [-0.15, -0.1) is 0 Å². The van der Waals surface area contributed by atoms with Gasteiger partial charge in [0.25, 0.3) is 0 Å². The molecule has 2 saturated heterocycles. The molecular formula is C21H19ClN2O4. The van der Waals surface area contributed by atoms with Crippen LogP contribution in [0.2, 0.25) is 5.02 Å². The average molecular weight is 399 g/mol. The smallest absolute Gasteiger partial charge is 0.324 e. The normalized spacial score (nSPS) is 26.4. The molecule has 7 heteroatoms. The Balaban J connectivity index is 1.78. The van der Waals surface area contributed by atoms with Crippen LogP contribution in [0.25, 0.3) is 0 Å². The van der Waals surface area contributed by atoms with Crippen molar-refractivity contribution in [2.45, 2.75) is 19.0 Å². The van der Waals surface area contributed by atoms with Gasteiger partial charge in [-0.05, 0) is 30.7 Å². The molecule has 0 spiro atoms. The van der Waals surface area contributed by atoms with Crippen molar-refractivity contribution in [1.29, 1.82) is 0 Å². The van der Waals surface area contributed by atoms with Gasteiger partial charge < -0.3 is 4.74 Å². The Bertz CT molecular complexity index is 933. The first-order valence-corrected chi connectivity index (χ1v) is 9.52. The third-order valence-corrected chi connectivity index (χ3v) is 5.61. The number of carbonyl (C=O) groups excluding carboxylic acids is 3. The molecule has 0 saturated carbocycles. The molecule has 2 aromatic rings. The van der Waals surface area contributed by atoms with Crippen LogP contribution in [0.5, 0.6) is 0 Å². The fraction of sp³-hybridized carbons (Fsp3) is 0.286. The highest BCUT2D eigenvalue weighted by Crippen LogP contribution is 2.46. The summed E-state index contributed by atoms with van der Waals surface area (Å²) >= 11 is 6.35. The third kappa shape index (κ3) is 2.89. The fourth-order valence-corrected chi connectivity index (χ4v) is 4.36. The molecule has 2 aromatic carbocycles. The fourth-order valence-electron chi connectivity index (χ4n) is 4.10.